The first kappa shape index (κ1) is 14.9. The second-order valence-electron chi connectivity index (χ2n) is 3.51. The van der Waals surface area contributed by atoms with Crippen LogP contribution in [0.1, 0.15) is 6.42 Å². The average molecular weight is 413 g/mol. The van der Waals surface area contributed by atoms with Crippen LogP contribution >= 0.6 is 38.5 Å². The standard InChI is InChI=1S/C11H14BrIN2O2/c1-17-5-4-10(14)11(16)15-7-2-3-9(13)8(12)6-7/h2-3,6,10H,4-5,14H2,1H3,(H,15,16). The number of benzene rings is 1. The molecule has 0 bridgehead atoms. The van der Waals surface area contributed by atoms with Crippen LogP contribution in [0.5, 0.6) is 0 Å². The van der Waals surface area contributed by atoms with Gasteiger partial charge in [0.1, 0.15) is 0 Å². The summed E-state index contributed by atoms with van der Waals surface area (Å²) >= 11 is 5.61. The number of amides is 1. The van der Waals surface area contributed by atoms with Gasteiger partial charge in [-0.05, 0) is 63.1 Å². The quantitative estimate of drug-likeness (QED) is 0.729. The largest absolute Gasteiger partial charge is 0.385 e. The van der Waals surface area contributed by atoms with E-state index in [0.29, 0.717) is 13.0 Å². The molecule has 6 heteroatoms. The molecule has 0 heterocycles. The molecule has 17 heavy (non-hydrogen) atoms. The summed E-state index contributed by atoms with van der Waals surface area (Å²) in [6.07, 6.45) is 0.508. The minimum Gasteiger partial charge on any atom is -0.385 e. The molecule has 0 radical (unpaired) electrons. The second kappa shape index (κ2) is 7.30. The third-order valence-corrected chi connectivity index (χ3v) is 4.49. The number of ether oxygens (including phenoxy) is 1. The van der Waals surface area contributed by atoms with Gasteiger partial charge < -0.3 is 15.8 Å². The van der Waals surface area contributed by atoms with Crippen LogP contribution in [-0.4, -0.2) is 25.7 Å². The minimum absolute atomic E-state index is 0.199. The second-order valence-corrected chi connectivity index (χ2v) is 5.52. The number of anilines is 1. The Bertz CT molecular complexity index is 401. The molecular formula is C11H14BrIN2O2. The van der Waals surface area contributed by atoms with Crippen LogP contribution in [0.15, 0.2) is 22.7 Å². The highest BCUT2D eigenvalue weighted by Gasteiger charge is 2.13. The fraction of sp³-hybridized carbons (Fsp3) is 0.364. The van der Waals surface area contributed by atoms with Gasteiger partial charge in [-0.1, -0.05) is 0 Å². The van der Waals surface area contributed by atoms with Crippen molar-refractivity contribution in [3.8, 4) is 0 Å². The first-order chi connectivity index (χ1) is 8.04. The van der Waals surface area contributed by atoms with Crippen molar-refractivity contribution in [2.24, 2.45) is 5.73 Å². The number of methoxy groups -OCH3 is 1. The molecule has 1 amide bonds. The van der Waals surface area contributed by atoms with Crippen molar-refractivity contribution in [1.82, 2.24) is 0 Å². The molecule has 1 atom stereocenters. The predicted octanol–water partition coefficient (Wildman–Crippen LogP) is 2.36. The molecule has 0 saturated heterocycles. The lowest BCUT2D eigenvalue weighted by molar-refractivity contribution is -0.117. The van der Waals surface area contributed by atoms with Gasteiger partial charge in [0, 0.05) is 27.4 Å². The van der Waals surface area contributed by atoms with Gasteiger partial charge >= 0.3 is 0 Å². The molecule has 3 N–H and O–H groups in total. The van der Waals surface area contributed by atoms with Crippen LogP contribution in [0.3, 0.4) is 0 Å². The summed E-state index contributed by atoms with van der Waals surface area (Å²) in [6.45, 7) is 0.477. The molecule has 0 aliphatic heterocycles. The van der Waals surface area contributed by atoms with Crippen molar-refractivity contribution < 1.29 is 9.53 Å². The maximum Gasteiger partial charge on any atom is 0.241 e. The monoisotopic (exact) mass is 412 g/mol. The van der Waals surface area contributed by atoms with Gasteiger partial charge in [-0.15, -0.1) is 0 Å². The summed E-state index contributed by atoms with van der Waals surface area (Å²) in [5.41, 5.74) is 6.45. The number of carbonyl (C=O) groups is 1. The number of nitrogens with one attached hydrogen (secondary N) is 1. The fourth-order valence-electron chi connectivity index (χ4n) is 1.18. The van der Waals surface area contributed by atoms with E-state index >= 15 is 0 Å². The molecular weight excluding hydrogens is 399 g/mol. The zero-order valence-electron chi connectivity index (χ0n) is 9.37. The van der Waals surface area contributed by atoms with E-state index in [-0.39, 0.29) is 5.91 Å². The molecule has 0 fully saturated rings. The molecule has 94 valence electrons. The summed E-state index contributed by atoms with van der Waals surface area (Å²) in [5, 5.41) is 2.77. The number of halogens is 2. The molecule has 1 aromatic rings. The lowest BCUT2D eigenvalue weighted by Crippen LogP contribution is -2.36. The van der Waals surface area contributed by atoms with Gasteiger partial charge in [-0.2, -0.15) is 0 Å². The van der Waals surface area contributed by atoms with E-state index in [9.17, 15) is 4.79 Å². The van der Waals surface area contributed by atoms with Crippen LogP contribution in [-0.2, 0) is 9.53 Å². The fourth-order valence-corrected chi connectivity index (χ4v) is 1.90. The number of nitrogens with two attached hydrogens (primary N) is 1. The van der Waals surface area contributed by atoms with E-state index in [1.165, 1.54) is 0 Å². The molecule has 1 aromatic carbocycles. The van der Waals surface area contributed by atoms with Gasteiger partial charge in [0.05, 0.1) is 6.04 Å². The lowest BCUT2D eigenvalue weighted by atomic mass is 10.2. The molecule has 0 saturated carbocycles. The Labute approximate surface area is 123 Å². The maximum absolute atomic E-state index is 11.7. The Morgan fingerprint density at radius 2 is 2.35 bits per heavy atom. The molecule has 0 aliphatic rings. The summed E-state index contributed by atoms with van der Waals surface area (Å²) in [4.78, 5) is 11.7. The molecule has 1 rings (SSSR count). The van der Waals surface area contributed by atoms with Crippen LogP contribution in [0.4, 0.5) is 5.69 Å². The number of rotatable bonds is 5. The number of carbonyl (C=O) groups excluding carboxylic acids is 1. The van der Waals surface area contributed by atoms with Crippen LogP contribution in [0.25, 0.3) is 0 Å². The van der Waals surface area contributed by atoms with Crippen LogP contribution in [0, 0.1) is 3.57 Å². The Kier molecular flexibility index (Phi) is 6.39. The summed E-state index contributed by atoms with van der Waals surface area (Å²) in [5.74, 6) is -0.199. The smallest absolute Gasteiger partial charge is 0.241 e. The highest BCUT2D eigenvalue weighted by atomic mass is 127. The van der Waals surface area contributed by atoms with Crippen molar-refractivity contribution in [2.45, 2.75) is 12.5 Å². The number of hydrogen-bond acceptors (Lipinski definition) is 3. The van der Waals surface area contributed by atoms with Crippen molar-refractivity contribution in [3.63, 3.8) is 0 Å². The molecule has 4 nitrogen and oxygen atoms in total. The molecule has 0 spiro atoms. The van der Waals surface area contributed by atoms with E-state index in [0.717, 1.165) is 13.7 Å². The molecule has 0 aromatic heterocycles. The SMILES string of the molecule is COCCC(N)C(=O)Nc1ccc(I)c(Br)c1. The predicted molar refractivity (Wildman–Crippen MR) is 80.0 cm³/mol. The lowest BCUT2D eigenvalue weighted by Gasteiger charge is -2.12. The van der Waals surface area contributed by atoms with E-state index in [2.05, 4.69) is 43.8 Å². The van der Waals surface area contributed by atoms with Crippen molar-refractivity contribution >= 4 is 50.1 Å². The zero-order valence-corrected chi connectivity index (χ0v) is 13.1. The van der Waals surface area contributed by atoms with Crippen LogP contribution in [0.2, 0.25) is 0 Å². The van der Waals surface area contributed by atoms with Crippen molar-refractivity contribution in [3.05, 3.63) is 26.2 Å². The van der Waals surface area contributed by atoms with Gasteiger partial charge in [0.2, 0.25) is 5.91 Å². The van der Waals surface area contributed by atoms with Crippen molar-refractivity contribution in [1.29, 1.82) is 0 Å². The van der Waals surface area contributed by atoms with Crippen molar-refractivity contribution in [2.75, 3.05) is 19.0 Å². The normalized spacial score (nSPS) is 12.2. The first-order valence-corrected chi connectivity index (χ1v) is 6.92. The summed E-state index contributed by atoms with van der Waals surface area (Å²) < 4.78 is 6.91. The van der Waals surface area contributed by atoms with Crippen LogP contribution < -0.4 is 11.1 Å². The first-order valence-electron chi connectivity index (χ1n) is 5.05. The minimum atomic E-state index is -0.548. The highest BCUT2D eigenvalue weighted by Crippen LogP contribution is 2.22. The Morgan fingerprint density at radius 3 is 2.94 bits per heavy atom. The van der Waals surface area contributed by atoms with E-state index in [4.69, 9.17) is 10.5 Å². The molecule has 0 aliphatic carbocycles. The average Bonchev–Trinajstić information content (AvgIpc) is 2.30. The Morgan fingerprint density at radius 1 is 1.65 bits per heavy atom. The zero-order chi connectivity index (χ0) is 12.8. The summed E-state index contributed by atoms with van der Waals surface area (Å²) in [6, 6.07) is 5.06. The Hall–Kier alpha value is -0.180. The maximum atomic E-state index is 11.7. The Balaban J connectivity index is 2.58. The van der Waals surface area contributed by atoms with Gasteiger partial charge in [0.15, 0.2) is 0 Å². The summed E-state index contributed by atoms with van der Waals surface area (Å²) in [7, 11) is 1.58. The van der Waals surface area contributed by atoms with E-state index < -0.39 is 6.04 Å². The van der Waals surface area contributed by atoms with Gasteiger partial charge in [-0.25, -0.2) is 0 Å². The molecule has 1 unspecified atom stereocenters. The highest BCUT2D eigenvalue weighted by molar-refractivity contribution is 14.1. The van der Waals surface area contributed by atoms with E-state index in [1.54, 1.807) is 7.11 Å². The third-order valence-electron chi connectivity index (χ3n) is 2.16. The van der Waals surface area contributed by atoms with Gasteiger partial charge in [0.25, 0.3) is 0 Å². The topological polar surface area (TPSA) is 64.3 Å². The van der Waals surface area contributed by atoms with Gasteiger partial charge in [-0.3, -0.25) is 4.79 Å². The number of hydrogen-bond donors (Lipinski definition) is 2. The van der Waals surface area contributed by atoms with E-state index in [1.807, 2.05) is 18.2 Å². The third kappa shape index (κ3) is 4.90.